The minimum atomic E-state index is -0.268. The van der Waals surface area contributed by atoms with Crippen LogP contribution in [-0.2, 0) is 7.05 Å². The van der Waals surface area contributed by atoms with Crippen molar-refractivity contribution in [2.45, 2.75) is 6.92 Å². The Labute approximate surface area is 137 Å². The van der Waals surface area contributed by atoms with Crippen LogP contribution >= 0.6 is 11.3 Å². The fourth-order valence-corrected chi connectivity index (χ4v) is 2.69. The van der Waals surface area contributed by atoms with Gasteiger partial charge in [0.25, 0.3) is 5.91 Å². The van der Waals surface area contributed by atoms with Crippen molar-refractivity contribution >= 4 is 22.9 Å². The molecule has 0 bridgehead atoms. The summed E-state index contributed by atoms with van der Waals surface area (Å²) in [6.07, 6.45) is 3.01. The molecule has 0 saturated carbocycles. The molecule has 0 atom stereocenters. The van der Waals surface area contributed by atoms with Gasteiger partial charge in [0, 0.05) is 7.05 Å². The SMILES string of the molecule is CCOc1ncc(NC(=O)c2cc(-c3cccs3)nn2C)cn1. The van der Waals surface area contributed by atoms with E-state index in [1.165, 1.54) is 12.4 Å². The second kappa shape index (κ2) is 6.57. The molecular formula is C15H15N5O2S. The van der Waals surface area contributed by atoms with Gasteiger partial charge in [-0.3, -0.25) is 9.48 Å². The molecule has 8 heteroatoms. The zero-order valence-electron chi connectivity index (χ0n) is 12.7. The van der Waals surface area contributed by atoms with E-state index in [0.29, 0.717) is 18.0 Å². The van der Waals surface area contributed by atoms with Crippen LogP contribution in [0.5, 0.6) is 6.01 Å². The number of nitrogens with zero attached hydrogens (tertiary/aromatic N) is 4. The number of amides is 1. The van der Waals surface area contributed by atoms with Crippen LogP contribution in [0.2, 0.25) is 0 Å². The first-order valence-corrected chi connectivity index (χ1v) is 7.89. The topological polar surface area (TPSA) is 81.9 Å². The molecule has 3 rings (SSSR count). The molecule has 1 amide bonds. The van der Waals surface area contributed by atoms with Gasteiger partial charge in [-0.2, -0.15) is 5.10 Å². The highest BCUT2D eigenvalue weighted by Crippen LogP contribution is 2.24. The Morgan fingerprint density at radius 3 is 2.83 bits per heavy atom. The number of anilines is 1. The highest BCUT2D eigenvalue weighted by atomic mass is 32.1. The number of carbonyl (C=O) groups excluding carboxylic acids is 1. The van der Waals surface area contributed by atoms with E-state index in [0.717, 1.165) is 10.6 Å². The predicted molar refractivity (Wildman–Crippen MR) is 87.7 cm³/mol. The quantitative estimate of drug-likeness (QED) is 0.778. The number of nitrogens with one attached hydrogen (secondary N) is 1. The van der Waals surface area contributed by atoms with Crippen LogP contribution in [0.15, 0.2) is 36.0 Å². The summed E-state index contributed by atoms with van der Waals surface area (Å²) in [7, 11) is 1.74. The largest absolute Gasteiger partial charge is 0.464 e. The maximum Gasteiger partial charge on any atom is 0.316 e. The van der Waals surface area contributed by atoms with Crippen LogP contribution in [0, 0.1) is 0 Å². The van der Waals surface area contributed by atoms with E-state index in [-0.39, 0.29) is 11.9 Å². The number of hydrogen-bond donors (Lipinski definition) is 1. The van der Waals surface area contributed by atoms with E-state index >= 15 is 0 Å². The number of ether oxygens (including phenoxy) is 1. The molecule has 0 aliphatic heterocycles. The number of aromatic nitrogens is 4. The fourth-order valence-electron chi connectivity index (χ4n) is 2.00. The lowest BCUT2D eigenvalue weighted by molar-refractivity contribution is 0.101. The summed E-state index contributed by atoms with van der Waals surface area (Å²) in [5, 5.41) is 9.09. The highest BCUT2D eigenvalue weighted by molar-refractivity contribution is 7.13. The number of carbonyl (C=O) groups is 1. The van der Waals surface area contributed by atoms with Crippen molar-refractivity contribution in [3.63, 3.8) is 0 Å². The zero-order valence-corrected chi connectivity index (χ0v) is 13.5. The molecule has 0 spiro atoms. The van der Waals surface area contributed by atoms with E-state index in [2.05, 4.69) is 20.4 Å². The lowest BCUT2D eigenvalue weighted by Gasteiger charge is -2.05. The summed E-state index contributed by atoms with van der Waals surface area (Å²) >= 11 is 1.58. The van der Waals surface area contributed by atoms with Gasteiger partial charge in [0.05, 0.1) is 29.6 Å². The number of aryl methyl sites for hydroxylation is 1. The van der Waals surface area contributed by atoms with Crippen LogP contribution in [0.3, 0.4) is 0 Å². The van der Waals surface area contributed by atoms with Crippen LogP contribution in [0.4, 0.5) is 5.69 Å². The minimum absolute atomic E-state index is 0.268. The Hall–Kier alpha value is -2.74. The van der Waals surface area contributed by atoms with Crippen molar-refractivity contribution < 1.29 is 9.53 Å². The second-order valence-corrected chi connectivity index (χ2v) is 5.60. The molecule has 1 N–H and O–H groups in total. The monoisotopic (exact) mass is 329 g/mol. The second-order valence-electron chi connectivity index (χ2n) is 4.66. The van der Waals surface area contributed by atoms with Crippen LogP contribution in [0.25, 0.3) is 10.6 Å². The third kappa shape index (κ3) is 3.37. The highest BCUT2D eigenvalue weighted by Gasteiger charge is 2.15. The molecule has 0 radical (unpaired) electrons. The molecule has 23 heavy (non-hydrogen) atoms. The molecule has 3 aromatic heterocycles. The molecule has 0 aliphatic rings. The van der Waals surface area contributed by atoms with E-state index in [9.17, 15) is 4.79 Å². The lowest BCUT2D eigenvalue weighted by Crippen LogP contribution is -2.16. The van der Waals surface area contributed by atoms with Crippen molar-refractivity contribution in [1.82, 2.24) is 19.7 Å². The molecule has 0 aliphatic carbocycles. The minimum Gasteiger partial charge on any atom is -0.464 e. The van der Waals surface area contributed by atoms with E-state index in [1.807, 2.05) is 24.4 Å². The van der Waals surface area contributed by atoms with Gasteiger partial charge in [0.2, 0.25) is 0 Å². The van der Waals surface area contributed by atoms with Gasteiger partial charge in [-0.15, -0.1) is 11.3 Å². The van der Waals surface area contributed by atoms with Gasteiger partial charge < -0.3 is 10.1 Å². The van der Waals surface area contributed by atoms with Crippen molar-refractivity contribution in [1.29, 1.82) is 0 Å². The van der Waals surface area contributed by atoms with Crippen molar-refractivity contribution in [2.24, 2.45) is 7.05 Å². The van der Waals surface area contributed by atoms with Gasteiger partial charge in [-0.1, -0.05) is 6.07 Å². The fraction of sp³-hybridized carbons (Fsp3) is 0.200. The average molecular weight is 329 g/mol. The van der Waals surface area contributed by atoms with Gasteiger partial charge in [0.15, 0.2) is 0 Å². The normalized spacial score (nSPS) is 10.5. The van der Waals surface area contributed by atoms with Gasteiger partial charge >= 0.3 is 6.01 Å². The van der Waals surface area contributed by atoms with Crippen LogP contribution in [0.1, 0.15) is 17.4 Å². The Morgan fingerprint density at radius 2 is 2.17 bits per heavy atom. The smallest absolute Gasteiger partial charge is 0.316 e. The number of rotatable bonds is 5. The maximum absolute atomic E-state index is 12.4. The summed E-state index contributed by atoms with van der Waals surface area (Å²) < 4.78 is 6.72. The molecule has 3 aromatic rings. The lowest BCUT2D eigenvalue weighted by atomic mass is 10.3. The van der Waals surface area contributed by atoms with Crippen LogP contribution in [-0.4, -0.2) is 32.3 Å². The van der Waals surface area contributed by atoms with Gasteiger partial charge in [-0.25, -0.2) is 9.97 Å². The molecular weight excluding hydrogens is 314 g/mol. The third-order valence-electron chi connectivity index (χ3n) is 3.05. The molecule has 7 nitrogen and oxygen atoms in total. The third-order valence-corrected chi connectivity index (χ3v) is 3.94. The molecule has 118 valence electrons. The van der Waals surface area contributed by atoms with Crippen molar-refractivity contribution in [3.05, 3.63) is 41.7 Å². The van der Waals surface area contributed by atoms with E-state index < -0.39 is 0 Å². The van der Waals surface area contributed by atoms with Crippen molar-refractivity contribution in [2.75, 3.05) is 11.9 Å². The Bertz CT molecular complexity index is 796. The predicted octanol–water partition coefficient (Wildman–Crippen LogP) is 2.59. The van der Waals surface area contributed by atoms with E-state index in [1.54, 1.807) is 29.1 Å². The summed E-state index contributed by atoms with van der Waals surface area (Å²) in [5.41, 5.74) is 1.73. The molecule has 0 fully saturated rings. The molecule has 0 unspecified atom stereocenters. The van der Waals surface area contributed by atoms with Gasteiger partial charge in [0.1, 0.15) is 11.4 Å². The van der Waals surface area contributed by atoms with Crippen molar-refractivity contribution in [3.8, 4) is 16.6 Å². The zero-order chi connectivity index (χ0) is 16.2. The average Bonchev–Trinajstić information content (AvgIpc) is 3.18. The van der Waals surface area contributed by atoms with Crippen LogP contribution < -0.4 is 10.1 Å². The first-order chi connectivity index (χ1) is 11.2. The summed E-state index contributed by atoms with van der Waals surface area (Å²) in [6, 6.07) is 5.96. The number of thiophene rings is 1. The molecule has 3 heterocycles. The Kier molecular flexibility index (Phi) is 4.33. The summed E-state index contributed by atoms with van der Waals surface area (Å²) in [6.45, 7) is 2.35. The first kappa shape index (κ1) is 15.2. The maximum atomic E-state index is 12.4. The summed E-state index contributed by atoms with van der Waals surface area (Å²) in [5.74, 6) is -0.268. The Morgan fingerprint density at radius 1 is 1.39 bits per heavy atom. The summed E-state index contributed by atoms with van der Waals surface area (Å²) in [4.78, 5) is 21.4. The van der Waals surface area contributed by atoms with E-state index in [4.69, 9.17) is 4.74 Å². The first-order valence-electron chi connectivity index (χ1n) is 7.01. The number of hydrogen-bond acceptors (Lipinski definition) is 6. The molecule has 0 saturated heterocycles. The Balaban J connectivity index is 1.75. The van der Waals surface area contributed by atoms with Gasteiger partial charge in [-0.05, 0) is 24.4 Å². The standard InChI is InChI=1S/C15H15N5O2S/c1-3-22-15-16-8-10(9-17-15)18-14(21)12-7-11(19-20(12)2)13-5-4-6-23-13/h4-9H,3H2,1-2H3,(H,18,21). The molecule has 0 aromatic carbocycles.